The number of nitrogens with zero attached hydrogens (tertiary/aromatic N) is 1. The van der Waals surface area contributed by atoms with Crippen molar-refractivity contribution in [2.75, 3.05) is 11.6 Å². The molecule has 3 atom stereocenters. The Morgan fingerprint density at radius 3 is 2.45 bits per heavy atom. The van der Waals surface area contributed by atoms with E-state index < -0.39 is 35.7 Å². The summed E-state index contributed by atoms with van der Waals surface area (Å²) in [6.45, 7) is 2.71. The number of aliphatic hydroxyl groups excluding tert-OH is 1. The number of amides is 2. The summed E-state index contributed by atoms with van der Waals surface area (Å²) >= 11 is 0. The number of hydrogen-bond donors (Lipinski definition) is 4. The van der Waals surface area contributed by atoms with Gasteiger partial charge in [-0.05, 0) is 53.8 Å². The van der Waals surface area contributed by atoms with E-state index in [2.05, 4.69) is 29.0 Å². The fourth-order valence-corrected chi connectivity index (χ4v) is 4.58. The van der Waals surface area contributed by atoms with Crippen LogP contribution in [0.4, 0.5) is 14.5 Å². The second-order valence-corrected chi connectivity index (χ2v) is 9.43. The zero-order valence-electron chi connectivity index (χ0n) is 21.2. The molecule has 3 aromatic rings. The minimum Gasteiger partial charge on any atom is -0.390 e. The molecule has 0 spiro atoms. The highest BCUT2D eigenvalue weighted by Gasteiger charge is 2.37. The van der Waals surface area contributed by atoms with E-state index >= 15 is 0 Å². The van der Waals surface area contributed by atoms with Crippen LogP contribution in [0.25, 0.3) is 0 Å². The molecule has 1 aliphatic heterocycles. The number of aliphatic hydroxyl groups is 1. The van der Waals surface area contributed by atoms with Crippen molar-refractivity contribution in [3.63, 3.8) is 0 Å². The number of rotatable bonds is 11. The molecule has 1 aliphatic rings. The van der Waals surface area contributed by atoms with E-state index in [-0.39, 0.29) is 25.3 Å². The van der Waals surface area contributed by atoms with Crippen LogP contribution >= 0.6 is 0 Å². The Hall–Kier alpha value is -3.82. The van der Waals surface area contributed by atoms with Crippen LogP contribution < -0.4 is 21.1 Å². The maximum atomic E-state index is 13.9. The number of benzene rings is 3. The molecular weight excluding hydrogens is 490 g/mol. The van der Waals surface area contributed by atoms with Gasteiger partial charge in [0.2, 0.25) is 11.8 Å². The van der Waals surface area contributed by atoms with Crippen LogP contribution in [0.15, 0.2) is 72.8 Å². The van der Waals surface area contributed by atoms with Crippen molar-refractivity contribution in [1.29, 1.82) is 0 Å². The van der Waals surface area contributed by atoms with Crippen molar-refractivity contribution in [3.8, 4) is 0 Å². The Morgan fingerprint density at radius 1 is 1.03 bits per heavy atom. The summed E-state index contributed by atoms with van der Waals surface area (Å²) in [7, 11) is 0. The molecular formula is C29H32F2N4O3. The molecule has 2 amide bonds. The summed E-state index contributed by atoms with van der Waals surface area (Å²) < 4.78 is 27.7. The van der Waals surface area contributed by atoms with Gasteiger partial charge in [0.25, 0.3) is 0 Å². The lowest BCUT2D eigenvalue weighted by molar-refractivity contribution is -0.125. The zero-order chi connectivity index (χ0) is 27.1. The molecule has 1 heterocycles. The number of carbonyl (C=O) groups excluding carboxylic acids is 2. The number of para-hydroxylation sites is 1. The number of carbonyl (C=O) groups is 2. The van der Waals surface area contributed by atoms with Crippen LogP contribution in [-0.2, 0) is 29.0 Å². The molecule has 1 unspecified atom stereocenters. The van der Waals surface area contributed by atoms with Crippen LogP contribution in [0.2, 0.25) is 0 Å². The van der Waals surface area contributed by atoms with Gasteiger partial charge in [-0.25, -0.2) is 8.78 Å². The Kier molecular flexibility index (Phi) is 9.04. The fraction of sp³-hybridized carbons (Fsp3) is 0.310. The van der Waals surface area contributed by atoms with Crippen LogP contribution in [0.3, 0.4) is 0 Å². The van der Waals surface area contributed by atoms with Crippen molar-refractivity contribution in [2.45, 2.75) is 50.9 Å². The number of hydrogen-bond acceptors (Lipinski definition) is 5. The first-order chi connectivity index (χ1) is 18.3. The quantitative estimate of drug-likeness (QED) is 0.311. The molecule has 7 nitrogen and oxygen atoms in total. The minimum absolute atomic E-state index is 0.00593. The van der Waals surface area contributed by atoms with Gasteiger partial charge < -0.3 is 15.7 Å². The monoisotopic (exact) mass is 522 g/mol. The summed E-state index contributed by atoms with van der Waals surface area (Å²) in [5, 5.41) is 18.6. The third-order valence-corrected chi connectivity index (χ3v) is 6.52. The van der Waals surface area contributed by atoms with Crippen molar-refractivity contribution in [1.82, 2.24) is 16.1 Å². The van der Waals surface area contributed by atoms with Gasteiger partial charge in [-0.2, -0.15) is 0 Å². The highest BCUT2D eigenvalue weighted by molar-refractivity contribution is 5.95. The first kappa shape index (κ1) is 27.2. The molecule has 0 bridgehead atoms. The van der Waals surface area contributed by atoms with Gasteiger partial charge in [0, 0.05) is 19.2 Å². The third-order valence-electron chi connectivity index (χ3n) is 6.52. The summed E-state index contributed by atoms with van der Waals surface area (Å²) in [5.74, 6) is -2.28. The van der Waals surface area contributed by atoms with Crippen molar-refractivity contribution in [2.24, 2.45) is 0 Å². The molecule has 0 aliphatic carbocycles. The molecule has 0 saturated carbocycles. The number of halogens is 2. The van der Waals surface area contributed by atoms with E-state index in [1.54, 1.807) is 24.3 Å². The van der Waals surface area contributed by atoms with Gasteiger partial charge in [0.1, 0.15) is 17.7 Å². The van der Waals surface area contributed by atoms with Gasteiger partial charge in [-0.15, -0.1) is 0 Å². The van der Waals surface area contributed by atoms with E-state index in [1.807, 2.05) is 24.3 Å². The minimum atomic E-state index is -1.07. The molecule has 9 heteroatoms. The predicted molar refractivity (Wildman–Crippen MR) is 141 cm³/mol. The van der Waals surface area contributed by atoms with Crippen LogP contribution in [0, 0.1) is 11.6 Å². The number of nitrogens with one attached hydrogen (secondary N) is 3. The van der Waals surface area contributed by atoms with Crippen LogP contribution in [0.1, 0.15) is 30.0 Å². The summed E-state index contributed by atoms with van der Waals surface area (Å²) in [4.78, 5) is 25.5. The first-order valence-electron chi connectivity index (χ1n) is 12.7. The molecule has 200 valence electrons. The highest BCUT2D eigenvalue weighted by atomic mass is 19.1. The molecule has 0 radical (unpaired) electrons. The van der Waals surface area contributed by atoms with Crippen molar-refractivity contribution in [3.05, 3.63) is 101 Å². The Bertz CT molecular complexity index is 1240. The van der Waals surface area contributed by atoms with Gasteiger partial charge >= 0.3 is 0 Å². The predicted octanol–water partition coefficient (Wildman–Crippen LogP) is 3.02. The molecule has 0 aromatic heterocycles. The standard InChI is InChI=1S/C29H32F2N4O3/c1-2-19-7-6-8-20(11-19)17-32-18-27(36)25(14-21-12-22(30)15-23(31)13-21)33-29(38)26-16-28(37)34-35(26)24-9-4-3-5-10-24/h3-13,15,25-27,32,36H,2,14,16-18H2,1H3,(H,33,38)(H,34,37)/t25-,26?,27-/m0/s1. The third kappa shape index (κ3) is 7.14. The molecule has 3 aromatic carbocycles. The molecule has 38 heavy (non-hydrogen) atoms. The maximum Gasteiger partial charge on any atom is 0.245 e. The second-order valence-electron chi connectivity index (χ2n) is 9.43. The van der Waals surface area contributed by atoms with E-state index in [0.29, 0.717) is 17.8 Å². The van der Waals surface area contributed by atoms with Crippen LogP contribution in [0.5, 0.6) is 0 Å². The van der Waals surface area contributed by atoms with Gasteiger partial charge in [0.15, 0.2) is 0 Å². The van der Waals surface area contributed by atoms with E-state index in [1.165, 1.54) is 22.7 Å². The Morgan fingerprint density at radius 2 is 1.74 bits per heavy atom. The largest absolute Gasteiger partial charge is 0.390 e. The van der Waals surface area contributed by atoms with Crippen molar-refractivity contribution < 1.29 is 23.5 Å². The second kappa shape index (κ2) is 12.6. The lowest BCUT2D eigenvalue weighted by Crippen LogP contribution is -2.54. The molecule has 4 rings (SSSR count). The summed E-state index contributed by atoms with van der Waals surface area (Å²) in [6.07, 6.45) is -0.235. The van der Waals surface area contributed by atoms with E-state index in [0.717, 1.165) is 18.1 Å². The molecule has 4 N–H and O–H groups in total. The van der Waals surface area contributed by atoms with Gasteiger partial charge in [0.05, 0.1) is 24.3 Å². The summed E-state index contributed by atoms with van der Waals surface area (Å²) in [6, 6.07) is 18.4. The molecule has 1 saturated heterocycles. The highest BCUT2D eigenvalue weighted by Crippen LogP contribution is 2.21. The Labute approximate surface area is 220 Å². The lowest BCUT2D eigenvalue weighted by Gasteiger charge is -2.29. The smallest absolute Gasteiger partial charge is 0.245 e. The summed E-state index contributed by atoms with van der Waals surface area (Å²) in [5.41, 5.74) is 5.88. The average molecular weight is 523 g/mol. The Balaban J connectivity index is 1.48. The zero-order valence-corrected chi connectivity index (χ0v) is 21.2. The van der Waals surface area contributed by atoms with Crippen LogP contribution in [-0.4, -0.2) is 41.7 Å². The normalized spacial score (nSPS) is 16.7. The number of aryl methyl sites for hydroxylation is 1. The maximum absolute atomic E-state index is 13.9. The SMILES string of the molecule is CCc1cccc(CNC[C@H](O)[C@H](Cc2cc(F)cc(F)c2)NC(=O)C2CC(=O)NN2c2ccccc2)c1. The van der Waals surface area contributed by atoms with E-state index in [4.69, 9.17) is 0 Å². The van der Waals surface area contributed by atoms with Crippen molar-refractivity contribution >= 4 is 17.5 Å². The number of anilines is 1. The van der Waals surface area contributed by atoms with Gasteiger partial charge in [-0.1, -0.05) is 49.4 Å². The average Bonchev–Trinajstić information content (AvgIpc) is 3.30. The topological polar surface area (TPSA) is 93.7 Å². The molecule has 1 fully saturated rings. The van der Waals surface area contributed by atoms with Gasteiger partial charge in [-0.3, -0.25) is 20.0 Å². The fourth-order valence-electron chi connectivity index (χ4n) is 4.58. The number of hydrazine groups is 1. The first-order valence-corrected chi connectivity index (χ1v) is 12.7. The van der Waals surface area contributed by atoms with E-state index in [9.17, 15) is 23.5 Å². The lowest BCUT2D eigenvalue weighted by atomic mass is 9.99.